The van der Waals surface area contributed by atoms with Gasteiger partial charge < -0.3 is 4.74 Å². The quantitative estimate of drug-likeness (QED) is 0.401. The molecule has 0 radical (unpaired) electrons. The zero-order valence-electron chi connectivity index (χ0n) is 14.2. The van der Waals surface area contributed by atoms with Crippen LogP contribution in [0, 0.1) is 0 Å². The average Bonchev–Trinajstić information content (AvgIpc) is 2.68. The summed E-state index contributed by atoms with van der Waals surface area (Å²) in [7, 11) is 0. The van der Waals surface area contributed by atoms with Crippen molar-refractivity contribution in [3.05, 3.63) is 91.0 Å². The summed E-state index contributed by atoms with van der Waals surface area (Å²) in [5.74, 6) is 1.53. The van der Waals surface area contributed by atoms with E-state index in [0.29, 0.717) is 6.61 Å². The second-order valence-corrected chi connectivity index (χ2v) is 8.86. The summed E-state index contributed by atoms with van der Waals surface area (Å²) >= 11 is 0. The van der Waals surface area contributed by atoms with Crippen LogP contribution in [-0.2, 0) is 9.53 Å². The maximum Gasteiger partial charge on any atom is 0.331 e. The fraction of sp³-hybridized carbons (Fsp3) is 0.0909. The molecule has 0 saturated carbocycles. The van der Waals surface area contributed by atoms with E-state index in [1.807, 2.05) is 61.5 Å². The van der Waals surface area contributed by atoms with E-state index in [0.717, 1.165) is 15.9 Å². The fourth-order valence-electron chi connectivity index (χ4n) is 3.00. The lowest BCUT2D eigenvalue weighted by molar-refractivity contribution is -0.134. The molecule has 0 aliphatic carbocycles. The van der Waals surface area contributed by atoms with Gasteiger partial charge in [0.1, 0.15) is 0 Å². The van der Waals surface area contributed by atoms with Gasteiger partial charge in [-0.25, -0.2) is 4.79 Å². The van der Waals surface area contributed by atoms with E-state index in [4.69, 9.17) is 4.74 Å². The molecule has 3 heteroatoms. The minimum Gasteiger partial charge on any atom is -0.463 e. The Morgan fingerprint density at radius 3 is 1.44 bits per heavy atom. The molecule has 0 unspecified atom stereocenters. The van der Waals surface area contributed by atoms with Crippen molar-refractivity contribution in [2.45, 2.75) is 6.92 Å². The van der Waals surface area contributed by atoms with Crippen LogP contribution in [0.25, 0.3) is 0 Å². The number of esters is 1. The van der Waals surface area contributed by atoms with E-state index in [1.165, 1.54) is 0 Å². The van der Waals surface area contributed by atoms with Crippen LogP contribution in [0.5, 0.6) is 0 Å². The molecule has 25 heavy (non-hydrogen) atoms. The van der Waals surface area contributed by atoms with Crippen molar-refractivity contribution in [1.29, 1.82) is 0 Å². The standard InChI is InChI=1S/C22H21O2P/c1-2-24-22(23)18-25(19-12-6-3-7-13-19,20-14-8-4-9-15-20)21-16-10-5-11-17-21/h3-18H,2H2,1H3/i18+1,22+1. The Morgan fingerprint density at radius 1 is 0.760 bits per heavy atom. The Morgan fingerprint density at radius 2 is 1.12 bits per heavy atom. The zero-order valence-corrected chi connectivity index (χ0v) is 15.1. The maximum atomic E-state index is 12.5. The van der Waals surface area contributed by atoms with Gasteiger partial charge in [-0.15, -0.1) is 0 Å². The summed E-state index contributed by atoms with van der Waals surface area (Å²) in [6.45, 7) is -0.0371. The molecule has 3 rings (SSSR count). The molecule has 0 N–H and O–H groups in total. The topological polar surface area (TPSA) is 26.3 Å². The fourth-order valence-corrected chi connectivity index (χ4v) is 6.66. The van der Waals surface area contributed by atoms with Gasteiger partial charge in [-0.1, -0.05) is 91.0 Å². The highest BCUT2D eigenvalue weighted by molar-refractivity contribution is 7.95. The molecule has 126 valence electrons. The first-order chi connectivity index (χ1) is 12.3. The number of ether oxygens (including phenoxy) is 1. The molecule has 3 aromatic carbocycles. The van der Waals surface area contributed by atoms with E-state index >= 15 is 0 Å². The predicted molar refractivity (Wildman–Crippen MR) is 108 cm³/mol. The molecule has 0 spiro atoms. The summed E-state index contributed by atoms with van der Waals surface area (Å²) in [6, 6.07) is 30.7. The third kappa shape index (κ3) is 3.60. The van der Waals surface area contributed by atoms with Crippen LogP contribution in [0.15, 0.2) is 91.0 Å². The number of hydrogen-bond acceptors (Lipinski definition) is 2. The molecule has 0 bridgehead atoms. The minimum atomic E-state index is -2.24. The van der Waals surface area contributed by atoms with Crippen LogP contribution < -0.4 is 15.9 Å². The zero-order chi connectivity index (χ0) is 17.5. The van der Waals surface area contributed by atoms with Gasteiger partial charge in [0.05, 0.1) is 6.61 Å². The Balaban J connectivity index is 2.38. The van der Waals surface area contributed by atoms with Crippen LogP contribution in [0.3, 0.4) is 0 Å². The summed E-state index contributed by atoms with van der Waals surface area (Å²) in [4.78, 5) is 12.5. The van der Waals surface area contributed by atoms with Gasteiger partial charge in [-0.3, -0.25) is 0 Å². The first kappa shape index (κ1) is 17.3. The van der Waals surface area contributed by atoms with E-state index in [2.05, 4.69) is 36.4 Å². The Bertz CT molecular complexity index is 768. The van der Waals surface area contributed by atoms with E-state index in [1.54, 1.807) is 5.80 Å². The van der Waals surface area contributed by atoms with Crippen LogP contribution in [-0.4, -0.2) is 18.4 Å². The lowest BCUT2D eigenvalue weighted by Gasteiger charge is -2.28. The van der Waals surface area contributed by atoms with Crippen molar-refractivity contribution in [1.82, 2.24) is 0 Å². The molecule has 0 amide bonds. The third-order valence-corrected chi connectivity index (χ3v) is 8.01. The van der Waals surface area contributed by atoms with Crippen LogP contribution in [0.1, 0.15) is 6.92 Å². The molecule has 0 atom stereocenters. The Kier molecular flexibility index (Phi) is 5.53. The lowest BCUT2D eigenvalue weighted by Crippen LogP contribution is -2.29. The molecule has 0 saturated heterocycles. The second kappa shape index (κ2) is 8.00. The van der Waals surface area contributed by atoms with Gasteiger partial charge in [-0.05, 0) is 29.7 Å². The van der Waals surface area contributed by atoms with Crippen molar-refractivity contribution < 1.29 is 9.53 Å². The van der Waals surface area contributed by atoms with Gasteiger partial charge in [-0.2, -0.15) is 0 Å². The highest BCUT2D eigenvalue weighted by Crippen LogP contribution is 2.43. The van der Waals surface area contributed by atoms with E-state index in [9.17, 15) is 4.79 Å². The SMILES string of the molecule is CCO[13C](=O)[13CH]=P(c1ccccc1)(c1ccccc1)c1ccccc1. The molecule has 0 aliphatic rings. The van der Waals surface area contributed by atoms with E-state index < -0.39 is 6.89 Å². The minimum absolute atomic E-state index is 0.271. The molecule has 3 aromatic rings. The largest absolute Gasteiger partial charge is 0.463 e. The van der Waals surface area contributed by atoms with Crippen molar-refractivity contribution in [3.63, 3.8) is 0 Å². The van der Waals surface area contributed by atoms with Crippen LogP contribution in [0.4, 0.5) is 0 Å². The summed E-state index contributed by atoms with van der Waals surface area (Å²) in [5.41, 5.74) is 0. The van der Waals surface area contributed by atoms with Crippen molar-refractivity contribution in [2.75, 3.05) is 6.61 Å². The molecule has 0 fully saturated rings. The van der Waals surface area contributed by atoms with Crippen molar-refractivity contribution in [2.24, 2.45) is 0 Å². The summed E-state index contributed by atoms with van der Waals surface area (Å²) in [5, 5.41) is 3.42. The van der Waals surface area contributed by atoms with Gasteiger partial charge in [0.2, 0.25) is 0 Å². The average molecular weight is 350 g/mol. The van der Waals surface area contributed by atoms with Crippen LogP contribution in [0.2, 0.25) is 0 Å². The second-order valence-electron chi connectivity index (χ2n) is 5.61. The monoisotopic (exact) mass is 350 g/mol. The van der Waals surface area contributed by atoms with Crippen LogP contribution >= 0.6 is 6.89 Å². The number of carbonyl (C=O) groups is 1. The highest BCUT2D eigenvalue weighted by Gasteiger charge is 2.26. The first-order valence-electron chi connectivity index (χ1n) is 8.35. The van der Waals surface area contributed by atoms with Gasteiger partial charge in [0.25, 0.3) is 0 Å². The maximum absolute atomic E-state index is 12.5. The molecule has 2 nitrogen and oxygen atoms in total. The summed E-state index contributed by atoms with van der Waals surface area (Å²) in [6.07, 6.45) is 0. The Labute approximate surface area is 149 Å². The third-order valence-electron chi connectivity index (χ3n) is 4.08. The molecule has 0 aromatic heterocycles. The number of hydrogen-bond donors (Lipinski definition) is 0. The predicted octanol–water partition coefficient (Wildman–Crippen LogP) is 3.35. The normalized spacial score (nSPS) is 10.9. The molecular formula is C22H21O2P. The smallest absolute Gasteiger partial charge is 0.331 e. The lowest BCUT2D eigenvalue weighted by atomic mass is 10.4. The Hall–Kier alpha value is -2.57. The molecule has 0 aliphatic heterocycles. The van der Waals surface area contributed by atoms with Crippen molar-refractivity contribution >= 4 is 34.6 Å². The number of rotatable bonds is 5. The number of benzene rings is 3. The first-order valence-corrected chi connectivity index (χ1v) is 10.2. The molecule has 0 heterocycles. The highest BCUT2D eigenvalue weighted by atomic mass is 31.2. The molecular weight excluding hydrogens is 329 g/mol. The van der Waals surface area contributed by atoms with Crippen molar-refractivity contribution in [3.8, 4) is 0 Å². The number of carbonyl (C=O) groups excluding carboxylic acids is 1. The van der Waals surface area contributed by atoms with E-state index in [-0.39, 0.29) is 5.97 Å². The van der Waals surface area contributed by atoms with Gasteiger partial charge in [0.15, 0.2) is 0 Å². The summed E-state index contributed by atoms with van der Waals surface area (Å²) < 4.78 is 5.30. The van der Waals surface area contributed by atoms with Gasteiger partial charge >= 0.3 is 5.97 Å². The van der Waals surface area contributed by atoms with Gasteiger partial charge in [0, 0.05) is 5.80 Å².